The Bertz CT molecular complexity index is 490. The number of carbonyl (C=O) groups is 1. The average molecular weight is 385 g/mol. The molecule has 0 saturated carbocycles. The predicted molar refractivity (Wildman–Crippen MR) is 107 cm³/mol. The molecule has 4 nitrogen and oxygen atoms in total. The number of fused-ring (bicyclic) bond motifs is 2. The summed E-state index contributed by atoms with van der Waals surface area (Å²) in [6.07, 6.45) is 2.47. The summed E-state index contributed by atoms with van der Waals surface area (Å²) in [7, 11) is -3.96. The van der Waals surface area contributed by atoms with E-state index in [2.05, 4.69) is 54.6 Å². The van der Waals surface area contributed by atoms with Crippen molar-refractivity contribution in [3.8, 4) is 0 Å². The highest BCUT2D eigenvalue weighted by atomic mass is 28.4. The first-order valence-corrected chi connectivity index (χ1v) is 15.2. The van der Waals surface area contributed by atoms with Crippen LogP contribution in [0.15, 0.2) is 12.2 Å². The predicted octanol–water partition coefficient (Wildman–Crippen LogP) is 4.67. The van der Waals surface area contributed by atoms with Crippen molar-refractivity contribution in [2.24, 2.45) is 0 Å². The fourth-order valence-electron chi connectivity index (χ4n) is 3.34. The van der Waals surface area contributed by atoms with Crippen LogP contribution in [-0.2, 0) is 18.4 Å². The van der Waals surface area contributed by atoms with Gasteiger partial charge in [0.1, 0.15) is 24.4 Å². The van der Waals surface area contributed by atoms with E-state index in [0.29, 0.717) is 0 Å². The summed E-state index contributed by atoms with van der Waals surface area (Å²) in [6, 6.07) is 3.08. The molecule has 2 bridgehead atoms. The fourth-order valence-corrected chi connectivity index (χ4v) is 7.36. The summed E-state index contributed by atoms with van der Waals surface area (Å²) < 4.78 is 19.1. The summed E-state index contributed by atoms with van der Waals surface area (Å²) in [6.45, 7) is 17.5. The number of ketones is 1. The van der Waals surface area contributed by atoms with Crippen molar-refractivity contribution < 1.29 is 18.4 Å². The lowest BCUT2D eigenvalue weighted by molar-refractivity contribution is -0.160. The van der Waals surface area contributed by atoms with Gasteiger partial charge in [0.2, 0.25) is 0 Å². The Morgan fingerprint density at radius 2 is 1.40 bits per heavy atom. The normalized spacial score (nSPS) is 30.2. The quantitative estimate of drug-likeness (QED) is 0.472. The second-order valence-electron chi connectivity index (χ2n) is 8.93. The van der Waals surface area contributed by atoms with E-state index < -0.39 is 28.8 Å². The third-order valence-corrected chi connectivity index (χ3v) is 15.6. The van der Waals surface area contributed by atoms with Crippen molar-refractivity contribution in [3.63, 3.8) is 0 Å². The lowest BCUT2D eigenvalue weighted by Gasteiger charge is -2.44. The van der Waals surface area contributed by atoms with E-state index in [-0.39, 0.29) is 23.0 Å². The van der Waals surface area contributed by atoms with Gasteiger partial charge in [0, 0.05) is 0 Å². The monoisotopic (exact) mass is 384 g/mol. The Morgan fingerprint density at radius 1 is 0.960 bits per heavy atom. The molecule has 0 aromatic heterocycles. The second kappa shape index (κ2) is 7.39. The van der Waals surface area contributed by atoms with E-state index in [1.165, 1.54) is 0 Å². The third-order valence-electron chi connectivity index (χ3n) is 6.50. The van der Waals surface area contributed by atoms with Crippen LogP contribution in [0.1, 0.15) is 41.5 Å². The number of hydrogen-bond donors (Lipinski definition) is 0. The van der Waals surface area contributed by atoms with Gasteiger partial charge in [-0.2, -0.15) is 0 Å². The molecule has 4 atom stereocenters. The van der Waals surface area contributed by atoms with Crippen molar-refractivity contribution in [2.75, 3.05) is 0 Å². The Hall–Kier alpha value is -0.276. The molecule has 1 saturated heterocycles. The highest BCUT2D eigenvalue weighted by Crippen LogP contribution is 2.40. The van der Waals surface area contributed by atoms with Crippen LogP contribution in [0.2, 0.25) is 36.3 Å². The minimum atomic E-state index is -2.07. The molecule has 0 spiro atoms. The number of hydrogen-bond acceptors (Lipinski definition) is 4. The molecular formula is C19H36O4Si2. The first kappa shape index (κ1) is 21.0. The zero-order chi connectivity index (χ0) is 19.0. The maximum atomic E-state index is 13.3. The fraction of sp³-hybridized carbons (Fsp3) is 0.842. The first-order valence-electron chi connectivity index (χ1n) is 9.73. The lowest BCUT2D eigenvalue weighted by atomic mass is 10.0. The van der Waals surface area contributed by atoms with Gasteiger partial charge >= 0.3 is 0 Å². The van der Waals surface area contributed by atoms with Crippen molar-refractivity contribution >= 4 is 22.4 Å². The molecule has 0 N–H and O–H groups in total. The molecule has 0 amide bonds. The van der Waals surface area contributed by atoms with Gasteiger partial charge in [0.15, 0.2) is 22.4 Å². The van der Waals surface area contributed by atoms with E-state index in [9.17, 15) is 4.79 Å². The molecule has 0 radical (unpaired) electrons. The molecule has 144 valence electrons. The van der Waals surface area contributed by atoms with Crippen molar-refractivity contribution in [3.05, 3.63) is 12.2 Å². The smallest absolute Gasteiger partial charge is 0.193 e. The highest BCUT2D eigenvalue weighted by molar-refractivity contribution is 6.74. The highest BCUT2D eigenvalue weighted by Gasteiger charge is 2.52. The maximum absolute atomic E-state index is 13.3. The molecule has 0 unspecified atom stereocenters. The van der Waals surface area contributed by atoms with Crippen LogP contribution in [0.3, 0.4) is 0 Å². The van der Waals surface area contributed by atoms with E-state index in [0.717, 1.165) is 18.1 Å². The van der Waals surface area contributed by atoms with Crippen molar-refractivity contribution in [1.82, 2.24) is 0 Å². The van der Waals surface area contributed by atoms with Gasteiger partial charge in [0.25, 0.3) is 0 Å². The van der Waals surface area contributed by atoms with Gasteiger partial charge in [-0.25, -0.2) is 0 Å². The molecule has 2 aliphatic rings. The Balaban J connectivity index is 2.24. The minimum absolute atomic E-state index is 0.0531. The van der Waals surface area contributed by atoms with E-state index in [4.69, 9.17) is 13.6 Å². The van der Waals surface area contributed by atoms with E-state index in [1.807, 2.05) is 12.2 Å². The van der Waals surface area contributed by atoms with Crippen LogP contribution in [-0.4, -0.2) is 46.8 Å². The molecule has 0 aromatic rings. The molecule has 1 fully saturated rings. The Morgan fingerprint density at radius 3 is 1.80 bits per heavy atom. The van der Waals surface area contributed by atoms with E-state index >= 15 is 0 Å². The SMILES string of the molecule is CC[Si](CC)(CC)O[C@@H]1C(=O)[C@H](O[Si](C)(C)C(C)(C)C)[C@H]2C=C[C@@H]1O2. The lowest BCUT2D eigenvalue weighted by Crippen LogP contribution is -2.59. The standard InChI is InChI=1S/C19H36O4Si2/c1-9-25(10-2,11-3)23-18-15-13-12-14(21-15)17(16(18)20)22-24(7,8)19(4,5)6/h12-15,17-18H,9-11H2,1-8H3/t14-,15+,17-,18+/m1/s1. The largest absolute Gasteiger partial charge is 0.404 e. The topological polar surface area (TPSA) is 44.8 Å². The number of rotatable bonds is 7. The molecular weight excluding hydrogens is 348 g/mol. The van der Waals surface area contributed by atoms with E-state index in [1.54, 1.807) is 0 Å². The van der Waals surface area contributed by atoms with Crippen LogP contribution in [0.25, 0.3) is 0 Å². The zero-order valence-corrected chi connectivity index (χ0v) is 19.2. The maximum Gasteiger partial charge on any atom is 0.193 e. The van der Waals surface area contributed by atoms with Gasteiger partial charge in [0.05, 0.1) is 0 Å². The van der Waals surface area contributed by atoms with Crippen LogP contribution in [0.5, 0.6) is 0 Å². The molecule has 2 aliphatic heterocycles. The minimum Gasteiger partial charge on any atom is -0.404 e. The van der Waals surface area contributed by atoms with Crippen LogP contribution < -0.4 is 0 Å². The van der Waals surface area contributed by atoms with Crippen molar-refractivity contribution in [1.29, 1.82) is 0 Å². The first-order chi connectivity index (χ1) is 11.5. The molecule has 25 heavy (non-hydrogen) atoms. The summed E-state index contributed by atoms with van der Waals surface area (Å²) in [5.74, 6) is 0.0864. The molecule has 0 aliphatic carbocycles. The summed E-state index contributed by atoms with van der Waals surface area (Å²) in [4.78, 5) is 13.3. The number of Topliss-reactive ketones (excluding diaryl/α,β-unsaturated/α-hetero) is 1. The third kappa shape index (κ3) is 4.03. The van der Waals surface area contributed by atoms with Crippen LogP contribution >= 0.6 is 0 Å². The second-order valence-corrected chi connectivity index (χ2v) is 18.4. The van der Waals surface area contributed by atoms with Gasteiger partial charge in [-0.3, -0.25) is 4.79 Å². The number of ether oxygens (including phenoxy) is 1. The van der Waals surface area contributed by atoms with Crippen LogP contribution in [0, 0.1) is 0 Å². The van der Waals surface area contributed by atoms with Gasteiger partial charge in [-0.05, 0) is 36.3 Å². The Kier molecular flexibility index (Phi) is 6.21. The molecule has 2 rings (SSSR count). The Labute approximate surface area is 155 Å². The number of carbonyl (C=O) groups excluding carboxylic acids is 1. The average Bonchev–Trinajstić information content (AvgIpc) is 2.98. The zero-order valence-electron chi connectivity index (χ0n) is 17.2. The van der Waals surface area contributed by atoms with Gasteiger partial charge in [-0.1, -0.05) is 53.7 Å². The molecule has 0 aromatic carbocycles. The van der Waals surface area contributed by atoms with Gasteiger partial charge < -0.3 is 13.6 Å². The molecule has 2 heterocycles. The summed E-state index contributed by atoms with van der Waals surface area (Å²) in [5.41, 5.74) is 0. The summed E-state index contributed by atoms with van der Waals surface area (Å²) in [5, 5.41) is 0.0531. The van der Waals surface area contributed by atoms with Gasteiger partial charge in [-0.15, -0.1) is 0 Å². The van der Waals surface area contributed by atoms with Crippen LogP contribution in [0.4, 0.5) is 0 Å². The van der Waals surface area contributed by atoms with Crippen molar-refractivity contribution in [2.45, 2.75) is 102 Å². The molecule has 6 heteroatoms. The summed E-state index contributed by atoms with van der Waals surface area (Å²) >= 11 is 0.